The highest BCUT2D eigenvalue weighted by atomic mass is 16.2. The minimum Gasteiger partial charge on any atom is -0.348 e. The van der Waals surface area contributed by atoms with Crippen LogP contribution in [0.1, 0.15) is 47.5 Å². The Morgan fingerprint density at radius 2 is 1.70 bits per heavy atom. The second kappa shape index (κ2) is 5.74. The quantitative estimate of drug-likeness (QED) is 0.797. The average Bonchev–Trinajstić information content (AvgIpc) is 2.73. The first-order valence-electron chi connectivity index (χ1n) is 7.46. The minimum atomic E-state index is -0.352. The molecule has 1 saturated heterocycles. The van der Waals surface area contributed by atoms with Crippen LogP contribution in [0.3, 0.4) is 0 Å². The third-order valence-electron chi connectivity index (χ3n) is 4.00. The maximum Gasteiger partial charge on any atom is 0.227 e. The van der Waals surface area contributed by atoms with Crippen molar-refractivity contribution in [1.29, 1.82) is 0 Å². The predicted molar refractivity (Wildman–Crippen MR) is 81.2 cm³/mol. The van der Waals surface area contributed by atoms with E-state index in [1.807, 2.05) is 39.5 Å². The first kappa shape index (κ1) is 17.0. The van der Waals surface area contributed by atoms with Crippen LogP contribution < -0.4 is 0 Å². The molecule has 116 valence electrons. The highest BCUT2D eigenvalue weighted by molar-refractivity contribution is 5.82. The molecule has 1 fully saturated rings. The van der Waals surface area contributed by atoms with E-state index in [1.54, 1.807) is 19.0 Å². The summed E-state index contributed by atoms with van der Waals surface area (Å²) in [4.78, 5) is 28.1. The fraction of sp³-hybridized carbons (Fsp3) is 0.875. The summed E-state index contributed by atoms with van der Waals surface area (Å²) in [5, 5.41) is 0. The van der Waals surface area contributed by atoms with E-state index in [4.69, 9.17) is 0 Å². The molecule has 0 saturated carbocycles. The number of amides is 2. The maximum absolute atomic E-state index is 12.3. The van der Waals surface area contributed by atoms with Crippen molar-refractivity contribution in [2.24, 2.45) is 16.7 Å². The molecule has 20 heavy (non-hydrogen) atoms. The van der Waals surface area contributed by atoms with Crippen LogP contribution in [0.15, 0.2) is 0 Å². The number of nitrogens with zero attached hydrogens (tertiary/aromatic N) is 2. The Bertz CT molecular complexity index is 380. The SMILES string of the molecule is CN(C)C(=O)C(C)(C)CC1CCN(C(=O)C(C)(C)C)C1. The van der Waals surface area contributed by atoms with Crippen molar-refractivity contribution >= 4 is 11.8 Å². The second-order valence-electron chi connectivity index (χ2n) is 7.94. The third-order valence-corrected chi connectivity index (χ3v) is 4.00. The summed E-state index contributed by atoms with van der Waals surface area (Å²) in [5.41, 5.74) is -0.668. The molecule has 2 amide bonds. The molecule has 0 aromatic carbocycles. The van der Waals surface area contributed by atoms with Crippen molar-refractivity contribution in [3.8, 4) is 0 Å². The van der Waals surface area contributed by atoms with E-state index >= 15 is 0 Å². The minimum absolute atomic E-state index is 0.165. The fourth-order valence-corrected chi connectivity index (χ4v) is 3.07. The van der Waals surface area contributed by atoms with E-state index in [0.717, 1.165) is 25.9 Å². The summed E-state index contributed by atoms with van der Waals surface area (Å²) >= 11 is 0. The Morgan fingerprint density at radius 3 is 2.15 bits per heavy atom. The van der Waals surface area contributed by atoms with Crippen molar-refractivity contribution in [1.82, 2.24) is 9.80 Å². The molecule has 1 unspecified atom stereocenters. The summed E-state index contributed by atoms with van der Waals surface area (Å²) in [7, 11) is 3.60. The molecule has 1 heterocycles. The zero-order valence-electron chi connectivity index (χ0n) is 14.1. The molecule has 0 spiro atoms. The van der Waals surface area contributed by atoms with Crippen molar-refractivity contribution in [3.63, 3.8) is 0 Å². The molecule has 0 aromatic heterocycles. The summed E-state index contributed by atoms with van der Waals surface area (Å²) in [6.45, 7) is 11.5. The predicted octanol–water partition coefficient (Wildman–Crippen LogP) is 2.39. The maximum atomic E-state index is 12.3. The van der Waals surface area contributed by atoms with E-state index in [2.05, 4.69) is 0 Å². The third kappa shape index (κ3) is 3.97. The molecule has 0 aliphatic carbocycles. The van der Waals surface area contributed by atoms with Gasteiger partial charge in [-0.2, -0.15) is 0 Å². The number of hydrogen-bond acceptors (Lipinski definition) is 2. The fourth-order valence-electron chi connectivity index (χ4n) is 3.07. The summed E-state index contributed by atoms with van der Waals surface area (Å²) in [5.74, 6) is 0.815. The topological polar surface area (TPSA) is 40.6 Å². The van der Waals surface area contributed by atoms with E-state index in [9.17, 15) is 9.59 Å². The van der Waals surface area contributed by atoms with Crippen LogP contribution in [0, 0.1) is 16.7 Å². The van der Waals surface area contributed by atoms with Gasteiger partial charge in [-0.25, -0.2) is 0 Å². The average molecular weight is 282 g/mol. The molecule has 1 atom stereocenters. The molecule has 0 N–H and O–H groups in total. The van der Waals surface area contributed by atoms with Gasteiger partial charge >= 0.3 is 0 Å². The van der Waals surface area contributed by atoms with Crippen molar-refractivity contribution in [2.75, 3.05) is 27.2 Å². The Kier molecular flexibility index (Phi) is 4.88. The lowest BCUT2D eigenvalue weighted by Gasteiger charge is -2.30. The van der Waals surface area contributed by atoms with Gasteiger partial charge in [-0.1, -0.05) is 34.6 Å². The van der Waals surface area contributed by atoms with E-state index in [-0.39, 0.29) is 22.6 Å². The highest BCUT2D eigenvalue weighted by Gasteiger charge is 2.37. The molecule has 0 aromatic rings. The monoisotopic (exact) mass is 282 g/mol. The Balaban J connectivity index is 2.62. The zero-order chi connectivity index (χ0) is 15.7. The van der Waals surface area contributed by atoms with Crippen LogP contribution >= 0.6 is 0 Å². The van der Waals surface area contributed by atoms with Crippen molar-refractivity contribution in [2.45, 2.75) is 47.5 Å². The van der Waals surface area contributed by atoms with Gasteiger partial charge in [0, 0.05) is 38.0 Å². The van der Waals surface area contributed by atoms with Crippen LogP contribution in [-0.4, -0.2) is 48.8 Å². The number of carbonyl (C=O) groups is 2. The van der Waals surface area contributed by atoms with Crippen molar-refractivity contribution in [3.05, 3.63) is 0 Å². The van der Waals surface area contributed by atoms with Gasteiger partial charge in [0.25, 0.3) is 0 Å². The first-order valence-corrected chi connectivity index (χ1v) is 7.46. The standard InChI is InChI=1S/C16H30N2O2/c1-15(2,3)13(19)18-9-8-12(11-18)10-16(4,5)14(20)17(6)7/h12H,8-11H2,1-7H3. The first-order chi connectivity index (χ1) is 8.95. The number of likely N-dealkylation sites (tertiary alicyclic amines) is 1. The molecule has 1 rings (SSSR count). The molecular formula is C16H30N2O2. The lowest BCUT2D eigenvalue weighted by Crippen LogP contribution is -2.39. The number of carbonyl (C=O) groups excluding carboxylic acids is 2. The van der Waals surface area contributed by atoms with Gasteiger partial charge in [-0.15, -0.1) is 0 Å². The van der Waals surface area contributed by atoms with E-state index < -0.39 is 0 Å². The van der Waals surface area contributed by atoms with Gasteiger partial charge in [0.1, 0.15) is 0 Å². The number of hydrogen-bond donors (Lipinski definition) is 0. The highest BCUT2D eigenvalue weighted by Crippen LogP contribution is 2.33. The smallest absolute Gasteiger partial charge is 0.227 e. The summed E-state index contributed by atoms with van der Waals surface area (Å²) < 4.78 is 0. The van der Waals surface area contributed by atoms with Gasteiger partial charge in [0.05, 0.1) is 0 Å². The van der Waals surface area contributed by atoms with Crippen LogP contribution in [0.4, 0.5) is 0 Å². The largest absolute Gasteiger partial charge is 0.348 e. The molecule has 1 aliphatic rings. The van der Waals surface area contributed by atoms with Crippen LogP contribution in [0.2, 0.25) is 0 Å². The normalized spacial score (nSPS) is 20.1. The lowest BCUT2D eigenvalue weighted by atomic mass is 9.81. The lowest BCUT2D eigenvalue weighted by molar-refractivity contribution is -0.139. The van der Waals surface area contributed by atoms with E-state index in [1.165, 1.54) is 0 Å². The summed E-state index contributed by atoms with van der Waals surface area (Å²) in [6.07, 6.45) is 1.85. The zero-order valence-corrected chi connectivity index (χ0v) is 14.1. The molecule has 1 aliphatic heterocycles. The van der Waals surface area contributed by atoms with Gasteiger partial charge in [0.15, 0.2) is 0 Å². The molecule has 4 nitrogen and oxygen atoms in total. The number of rotatable bonds is 3. The van der Waals surface area contributed by atoms with Crippen LogP contribution in [-0.2, 0) is 9.59 Å². The second-order valence-corrected chi connectivity index (χ2v) is 7.94. The van der Waals surface area contributed by atoms with Gasteiger partial charge < -0.3 is 9.80 Å². The summed E-state index contributed by atoms with van der Waals surface area (Å²) in [6, 6.07) is 0. The van der Waals surface area contributed by atoms with E-state index in [0.29, 0.717) is 5.92 Å². The Hall–Kier alpha value is -1.06. The van der Waals surface area contributed by atoms with Crippen molar-refractivity contribution < 1.29 is 9.59 Å². The Morgan fingerprint density at radius 1 is 1.15 bits per heavy atom. The molecular weight excluding hydrogens is 252 g/mol. The van der Waals surface area contributed by atoms with Crippen LogP contribution in [0.25, 0.3) is 0 Å². The van der Waals surface area contributed by atoms with Gasteiger partial charge in [-0.3, -0.25) is 9.59 Å². The van der Waals surface area contributed by atoms with Gasteiger partial charge in [0.2, 0.25) is 11.8 Å². The van der Waals surface area contributed by atoms with Crippen LogP contribution in [0.5, 0.6) is 0 Å². The Labute approximate surface area is 123 Å². The molecule has 0 radical (unpaired) electrons. The molecule has 4 heteroatoms. The molecule has 0 bridgehead atoms. The van der Waals surface area contributed by atoms with Gasteiger partial charge in [-0.05, 0) is 18.8 Å².